The van der Waals surface area contributed by atoms with Crippen LogP contribution >= 0.6 is 34.4 Å². The van der Waals surface area contributed by atoms with Crippen molar-refractivity contribution in [3.05, 3.63) is 27.8 Å². The minimum absolute atomic E-state index is 0.0167. The molecule has 1 aromatic heterocycles. The Bertz CT molecular complexity index is 628. The van der Waals surface area contributed by atoms with E-state index in [9.17, 15) is 4.79 Å². The van der Waals surface area contributed by atoms with Crippen LogP contribution in [0.3, 0.4) is 0 Å². The number of hydrogen-bond donors (Lipinski definition) is 1. The van der Waals surface area contributed by atoms with Crippen molar-refractivity contribution in [3.63, 3.8) is 0 Å². The molecule has 0 atom stereocenters. The van der Waals surface area contributed by atoms with Crippen molar-refractivity contribution in [1.29, 1.82) is 0 Å². The van der Waals surface area contributed by atoms with E-state index in [1.54, 1.807) is 0 Å². The van der Waals surface area contributed by atoms with Gasteiger partial charge in [0.1, 0.15) is 0 Å². The van der Waals surface area contributed by atoms with E-state index in [2.05, 4.69) is 32.8 Å². The highest BCUT2D eigenvalue weighted by molar-refractivity contribution is 14.1. The molecule has 1 aromatic carbocycles. The second-order valence-corrected chi connectivity index (χ2v) is 6.65. The summed E-state index contributed by atoms with van der Waals surface area (Å²) < 4.78 is 3.09. The van der Waals surface area contributed by atoms with Gasteiger partial charge >= 0.3 is 5.97 Å². The molecule has 1 heterocycles. The van der Waals surface area contributed by atoms with E-state index in [0.717, 1.165) is 15.0 Å². The maximum absolute atomic E-state index is 10.7. The number of carboxylic acids is 1. The van der Waals surface area contributed by atoms with Gasteiger partial charge in [-0.05, 0) is 48.6 Å². The molecule has 0 aliphatic rings. The molecule has 1 N–H and O–H groups in total. The smallest absolute Gasteiger partial charge is 0.313 e. The fourth-order valence-electron chi connectivity index (χ4n) is 1.79. The van der Waals surface area contributed by atoms with Gasteiger partial charge in [0.2, 0.25) is 0 Å². The summed E-state index contributed by atoms with van der Waals surface area (Å²) in [5, 5.41) is 17.8. The monoisotopic (exact) mass is 403 g/mol. The second kappa shape index (κ2) is 6.57. The van der Waals surface area contributed by atoms with Gasteiger partial charge in [-0.1, -0.05) is 23.9 Å². The molecule has 0 aliphatic heterocycles. The van der Waals surface area contributed by atoms with E-state index in [-0.39, 0.29) is 11.8 Å². The minimum Gasteiger partial charge on any atom is -0.481 e. The summed E-state index contributed by atoms with van der Waals surface area (Å²) in [7, 11) is 0. The largest absolute Gasteiger partial charge is 0.481 e. The molecular formula is C13H14IN3O2S. The highest BCUT2D eigenvalue weighted by Crippen LogP contribution is 2.28. The van der Waals surface area contributed by atoms with Gasteiger partial charge in [0.25, 0.3) is 0 Å². The number of aromatic nitrogens is 3. The Labute approximate surface area is 134 Å². The van der Waals surface area contributed by atoms with Gasteiger partial charge in [0.05, 0.1) is 5.75 Å². The van der Waals surface area contributed by atoms with E-state index >= 15 is 0 Å². The SMILES string of the molecule is CC(C)n1c(SCC(=O)O)nnc1-c1cccc(I)c1. The fourth-order valence-corrected chi connectivity index (χ4v) is 3.12. The highest BCUT2D eigenvalue weighted by atomic mass is 127. The van der Waals surface area contributed by atoms with Crippen LogP contribution in [0, 0.1) is 3.57 Å². The third-order valence-corrected chi connectivity index (χ3v) is 4.19. The zero-order valence-corrected chi connectivity index (χ0v) is 14.1. The van der Waals surface area contributed by atoms with E-state index in [0.29, 0.717) is 5.16 Å². The lowest BCUT2D eigenvalue weighted by Gasteiger charge is -2.13. The molecular weight excluding hydrogens is 389 g/mol. The molecule has 0 aliphatic carbocycles. The normalized spacial score (nSPS) is 11.0. The van der Waals surface area contributed by atoms with Crippen LogP contribution in [0.25, 0.3) is 11.4 Å². The van der Waals surface area contributed by atoms with Gasteiger partial charge in [-0.2, -0.15) is 0 Å². The van der Waals surface area contributed by atoms with Gasteiger partial charge in [-0.25, -0.2) is 0 Å². The van der Waals surface area contributed by atoms with Gasteiger partial charge < -0.3 is 5.11 Å². The molecule has 2 rings (SSSR count). The molecule has 0 amide bonds. The maximum atomic E-state index is 10.7. The molecule has 7 heteroatoms. The third-order valence-electron chi connectivity index (χ3n) is 2.59. The number of carbonyl (C=O) groups is 1. The Kier molecular flexibility index (Phi) is 5.03. The molecule has 0 saturated heterocycles. The van der Waals surface area contributed by atoms with Gasteiger partial charge in [-0.3, -0.25) is 9.36 Å². The number of halogens is 1. The number of benzene rings is 1. The summed E-state index contributed by atoms with van der Waals surface area (Å²) in [6, 6.07) is 8.17. The minimum atomic E-state index is -0.857. The molecule has 2 aromatic rings. The van der Waals surface area contributed by atoms with Crippen molar-refractivity contribution >= 4 is 40.3 Å². The first-order valence-corrected chi connectivity index (χ1v) is 8.11. The van der Waals surface area contributed by atoms with E-state index < -0.39 is 5.97 Å². The third kappa shape index (κ3) is 3.51. The van der Waals surface area contributed by atoms with Crippen LogP contribution in [0.4, 0.5) is 0 Å². The molecule has 20 heavy (non-hydrogen) atoms. The predicted octanol–water partition coefficient (Wildman–Crippen LogP) is 3.31. The topological polar surface area (TPSA) is 68.0 Å². The van der Waals surface area contributed by atoms with E-state index in [1.165, 1.54) is 11.8 Å². The average Bonchev–Trinajstić information content (AvgIpc) is 2.80. The Hall–Kier alpha value is -1.09. The molecule has 0 radical (unpaired) electrons. The Balaban J connectivity index is 2.41. The number of hydrogen-bond acceptors (Lipinski definition) is 4. The van der Waals surface area contributed by atoms with Crippen molar-refractivity contribution in [2.24, 2.45) is 0 Å². The maximum Gasteiger partial charge on any atom is 0.313 e. The summed E-state index contributed by atoms with van der Waals surface area (Å²) in [6.07, 6.45) is 0. The first-order chi connectivity index (χ1) is 9.49. The van der Waals surface area contributed by atoms with Crippen molar-refractivity contribution in [3.8, 4) is 11.4 Å². The molecule has 0 fully saturated rings. The van der Waals surface area contributed by atoms with Crippen molar-refractivity contribution in [2.75, 3.05) is 5.75 Å². The number of rotatable bonds is 5. The summed E-state index contributed by atoms with van der Waals surface area (Å²) >= 11 is 3.44. The van der Waals surface area contributed by atoms with Gasteiger partial charge in [0, 0.05) is 15.2 Å². The summed E-state index contributed by atoms with van der Waals surface area (Å²) in [4.78, 5) is 10.7. The highest BCUT2D eigenvalue weighted by Gasteiger charge is 2.17. The number of nitrogens with zero attached hydrogens (tertiary/aromatic N) is 3. The van der Waals surface area contributed by atoms with Crippen LogP contribution < -0.4 is 0 Å². The Morgan fingerprint density at radius 1 is 1.45 bits per heavy atom. The first kappa shape index (κ1) is 15.3. The number of aliphatic carboxylic acids is 1. The second-order valence-electron chi connectivity index (χ2n) is 4.46. The Morgan fingerprint density at radius 3 is 2.80 bits per heavy atom. The van der Waals surface area contributed by atoms with Crippen LogP contribution in [-0.4, -0.2) is 31.6 Å². The lowest BCUT2D eigenvalue weighted by atomic mass is 10.2. The molecule has 5 nitrogen and oxygen atoms in total. The first-order valence-electron chi connectivity index (χ1n) is 6.04. The number of carboxylic acid groups (broad SMARTS) is 1. The van der Waals surface area contributed by atoms with Crippen LogP contribution in [0.1, 0.15) is 19.9 Å². The molecule has 0 bridgehead atoms. The Morgan fingerprint density at radius 2 is 2.20 bits per heavy atom. The van der Waals surface area contributed by atoms with Crippen molar-refractivity contribution in [1.82, 2.24) is 14.8 Å². The molecule has 0 saturated carbocycles. The van der Waals surface area contributed by atoms with Crippen LogP contribution in [0.5, 0.6) is 0 Å². The van der Waals surface area contributed by atoms with Crippen molar-refractivity contribution < 1.29 is 9.90 Å². The van der Waals surface area contributed by atoms with Crippen LogP contribution in [0.2, 0.25) is 0 Å². The van der Waals surface area contributed by atoms with Gasteiger partial charge in [0.15, 0.2) is 11.0 Å². The summed E-state index contributed by atoms with van der Waals surface area (Å²) in [6.45, 7) is 4.07. The zero-order chi connectivity index (χ0) is 14.7. The predicted molar refractivity (Wildman–Crippen MR) is 86.9 cm³/mol. The lowest BCUT2D eigenvalue weighted by molar-refractivity contribution is -0.133. The number of thioether (sulfide) groups is 1. The summed E-state index contributed by atoms with van der Waals surface area (Å²) in [5.74, 6) is -0.104. The van der Waals surface area contributed by atoms with Crippen molar-refractivity contribution in [2.45, 2.75) is 25.0 Å². The van der Waals surface area contributed by atoms with Crippen LogP contribution in [-0.2, 0) is 4.79 Å². The van der Waals surface area contributed by atoms with E-state index in [1.807, 2.05) is 42.7 Å². The van der Waals surface area contributed by atoms with E-state index in [4.69, 9.17) is 5.11 Å². The molecule has 0 spiro atoms. The fraction of sp³-hybridized carbons (Fsp3) is 0.308. The van der Waals surface area contributed by atoms with Crippen LogP contribution in [0.15, 0.2) is 29.4 Å². The van der Waals surface area contributed by atoms with Gasteiger partial charge in [-0.15, -0.1) is 10.2 Å². The molecule has 106 valence electrons. The standard InChI is InChI=1S/C13H14IN3O2S/c1-8(2)17-12(9-4-3-5-10(14)6-9)15-16-13(17)20-7-11(18)19/h3-6,8H,7H2,1-2H3,(H,18,19). The summed E-state index contributed by atoms with van der Waals surface area (Å²) in [5.41, 5.74) is 0.986. The lowest BCUT2D eigenvalue weighted by Crippen LogP contribution is -2.07. The average molecular weight is 403 g/mol. The zero-order valence-electron chi connectivity index (χ0n) is 11.1. The molecule has 0 unspecified atom stereocenters. The quantitative estimate of drug-likeness (QED) is 0.613.